The number of halogens is 2. The van der Waals surface area contributed by atoms with Crippen molar-refractivity contribution in [3.8, 4) is 11.5 Å². The number of rotatable bonds is 8. The molecule has 0 aliphatic carbocycles. The summed E-state index contributed by atoms with van der Waals surface area (Å²) < 4.78 is 12.3. The smallest absolute Gasteiger partial charge is 0.220 e. The van der Waals surface area contributed by atoms with Crippen molar-refractivity contribution in [1.82, 2.24) is 14.7 Å². The van der Waals surface area contributed by atoms with E-state index in [1.807, 2.05) is 24.4 Å². The summed E-state index contributed by atoms with van der Waals surface area (Å²) in [5, 5.41) is 3.96. The largest absolute Gasteiger partial charge is 0.493 e. The minimum absolute atomic E-state index is 0.0142. The molecule has 0 saturated carbocycles. The molecule has 2 aromatic heterocycles. The molecule has 1 N–H and O–H groups in total. The molecule has 0 bridgehead atoms. The summed E-state index contributed by atoms with van der Waals surface area (Å²) in [6.45, 7) is 0.500. The molecule has 0 unspecified atom stereocenters. The number of aryl methyl sites for hydroxylation is 1. The van der Waals surface area contributed by atoms with Gasteiger partial charge in [0, 0.05) is 31.8 Å². The molecular weight excluding hydrogens is 401 g/mol. The molecule has 1 amide bonds. The lowest BCUT2D eigenvalue weighted by atomic mass is 10.1. The van der Waals surface area contributed by atoms with Crippen LogP contribution < -0.4 is 14.8 Å². The third-order valence-corrected chi connectivity index (χ3v) is 4.80. The van der Waals surface area contributed by atoms with E-state index in [1.165, 1.54) is 0 Å². The lowest BCUT2D eigenvalue weighted by Crippen LogP contribution is -2.25. The number of ether oxygens (including phenoxy) is 2. The predicted molar refractivity (Wildman–Crippen MR) is 110 cm³/mol. The van der Waals surface area contributed by atoms with E-state index in [9.17, 15) is 4.79 Å². The van der Waals surface area contributed by atoms with Gasteiger partial charge in [0.2, 0.25) is 5.91 Å². The van der Waals surface area contributed by atoms with Crippen molar-refractivity contribution in [2.24, 2.45) is 0 Å². The highest BCUT2D eigenvalue weighted by Gasteiger charge is 2.09. The van der Waals surface area contributed by atoms with Gasteiger partial charge in [0.15, 0.2) is 17.1 Å². The fourth-order valence-electron chi connectivity index (χ4n) is 2.91. The molecule has 3 rings (SSSR count). The van der Waals surface area contributed by atoms with E-state index >= 15 is 0 Å². The monoisotopic (exact) mass is 421 g/mol. The number of nitrogens with zero attached hydrogens (tertiary/aromatic N) is 2. The molecule has 28 heavy (non-hydrogen) atoms. The lowest BCUT2D eigenvalue weighted by molar-refractivity contribution is -0.121. The van der Waals surface area contributed by atoms with E-state index in [2.05, 4.69) is 10.3 Å². The van der Waals surface area contributed by atoms with Gasteiger partial charge in [-0.25, -0.2) is 4.98 Å². The number of hydrogen-bond acceptors (Lipinski definition) is 4. The van der Waals surface area contributed by atoms with Crippen molar-refractivity contribution in [3.05, 3.63) is 58.0 Å². The second kappa shape index (κ2) is 9.17. The van der Waals surface area contributed by atoms with E-state index < -0.39 is 0 Å². The van der Waals surface area contributed by atoms with Gasteiger partial charge in [-0.3, -0.25) is 4.79 Å². The van der Waals surface area contributed by atoms with Crippen molar-refractivity contribution in [2.45, 2.75) is 19.3 Å². The van der Waals surface area contributed by atoms with Crippen LogP contribution >= 0.6 is 23.2 Å². The van der Waals surface area contributed by atoms with E-state index in [4.69, 9.17) is 32.7 Å². The highest BCUT2D eigenvalue weighted by Crippen LogP contribution is 2.28. The van der Waals surface area contributed by atoms with Gasteiger partial charge in [0.05, 0.1) is 30.0 Å². The Morgan fingerprint density at radius 1 is 1.11 bits per heavy atom. The molecule has 0 fully saturated rings. The molecule has 0 atom stereocenters. The zero-order valence-corrected chi connectivity index (χ0v) is 17.2. The molecule has 0 radical (unpaired) electrons. The summed E-state index contributed by atoms with van der Waals surface area (Å²) in [6, 6.07) is 7.32. The van der Waals surface area contributed by atoms with Crippen LogP contribution in [0.5, 0.6) is 11.5 Å². The number of imidazole rings is 1. The summed E-state index contributed by atoms with van der Waals surface area (Å²) in [4.78, 5) is 16.6. The maximum atomic E-state index is 12.1. The number of amides is 1. The van der Waals surface area contributed by atoms with E-state index in [0.717, 1.165) is 11.3 Å². The second-order valence-electron chi connectivity index (χ2n) is 6.26. The molecule has 0 aliphatic heterocycles. The fourth-order valence-corrected chi connectivity index (χ4v) is 3.44. The van der Waals surface area contributed by atoms with Gasteiger partial charge in [-0.15, -0.1) is 0 Å². The minimum Gasteiger partial charge on any atom is -0.493 e. The molecule has 2 heterocycles. The fraction of sp³-hybridized carbons (Fsp3) is 0.300. The van der Waals surface area contributed by atoms with Crippen LogP contribution in [0.4, 0.5) is 0 Å². The third kappa shape index (κ3) is 4.88. The Morgan fingerprint density at radius 3 is 2.64 bits per heavy atom. The molecule has 8 heteroatoms. The van der Waals surface area contributed by atoms with Gasteiger partial charge in [-0.2, -0.15) is 0 Å². The number of carbonyl (C=O) groups excluding carboxylic acids is 1. The van der Waals surface area contributed by atoms with Crippen molar-refractivity contribution >= 4 is 34.8 Å². The van der Waals surface area contributed by atoms with Gasteiger partial charge < -0.3 is 19.2 Å². The van der Waals surface area contributed by atoms with Crippen LogP contribution in [0.1, 0.15) is 17.7 Å². The summed E-state index contributed by atoms with van der Waals surface area (Å²) in [5.41, 5.74) is 2.50. The molecule has 3 aromatic rings. The molecule has 6 nitrogen and oxygen atoms in total. The van der Waals surface area contributed by atoms with Crippen LogP contribution in [-0.4, -0.2) is 36.1 Å². The number of hydrogen-bond donors (Lipinski definition) is 1. The number of nitrogens with one attached hydrogen (secondary N) is 1. The Morgan fingerprint density at radius 2 is 1.89 bits per heavy atom. The van der Waals surface area contributed by atoms with Gasteiger partial charge in [0.25, 0.3) is 0 Å². The molecular formula is C20H21Cl2N3O3. The molecule has 1 aromatic carbocycles. The van der Waals surface area contributed by atoms with E-state index in [-0.39, 0.29) is 5.91 Å². The first-order valence-corrected chi connectivity index (χ1v) is 9.56. The zero-order valence-electron chi connectivity index (χ0n) is 15.7. The number of pyridine rings is 1. The summed E-state index contributed by atoms with van der Waals surface area (Å²) in [7, 11) is 3.19. The number of fused-ring (bicyclic) bond motifs is 1. The lowest BCUT2D eigenvalue weighted by Gasteiger charge is -2.09. The van der Waals surface area contributed by atoms with Crippen LogP contribution in [0.3, 0.4) is 0 Å². The van der Waals surface area contributed by atoms with Gasteiger partial charge in [0.1, 0.15) is 0 Å². The standard InChI is InChI=1S/C20H21Cl2N3O3/c1-27-17-5-3-13(9-18(17)28-2)4-6-19(26)23-8-7-15-12-25-11-14(21)10-16(22)20(25)24-15/h3,5,9-12H,4,6-8H2,1-2H3,(H,23,26). The highest BCUT2D eigenvalue weighted by atomic mass is 35.5. The number of aromatic nitrogens is 2. The summed E-state index contributed by atoms with van der Waals surface area (Å²) in [6.07, 6.45) is 5.23. The molecule has 0 saturated heterocycles. The van der Waals surface area contributed by atoms with Gasteiger partial charge >= 0.3 is 0 Å². The first kappa shape index (κ1) is 20.3. The highest BCUT2D eigenvalue weighted by molar-refractivity contribution is 6.36. The van der Waals surface area contributed by atoms with Gasteiger partial charge in [-0.1, -0.05) is 29.3 Å². The number of benzene rings is 1. The third-order valence-electron chi connectivity index (χ3n) is 4.31. The SMILES string of the molecule is COc1ccc(CCC(=O)NCCc2cn3cc(Cl)cc(Cl)c3n2)cc1OC. The Hall–Kier alpha value is -2.44. The topological polar surface area (TPSA) is 64.9 Å². The van der Waals surface area contributed by atoms with Crippen molar-refractivity contribution in [1.29, 1.82) is 0 Å². The van der Waals surface area contributed by atoms with E-state index in [1.54, 1.807) is 30.9 Å². The second-order valence-corrected chi connectivity index (χ2v) is 7.10. The summed E-state index contributed by atoms with van der Waals surface area (Å²) in [5.74, 6) is 1.31. The molecule has 0 spiro atoms. The zero-order chi connectivity index (χ0) is 20.1. The predicted octanol–water partition coefficient (Wildman–Crippen LogP) is 3.95. The van der Waals surface area contributed by atoms with Gasteiger partial charge in [-0.05, 0) is 30.2 Å². The first-order valence-electron chi connectivity index (χ1n) is 8.80. The number of carbonyl (C=O) groups is 1. The Bertz CT molecular complexity index is 988. The quantitative estimate of drug-likeness (QED) is 0.597. The van der Waals surface area contributed by atoms with Crippen molar-refractivity contribution < 1.29 is 14.3 Å². The van der Waals surface area contributed by atoms with Crippen LogP contribution in [-0.2, 0) is 17.6 Å². The van der Waals surface area contributed by atoms with Crippen molar-refractivity contribution in [2.75, 3.05) is 20.8 Å². The average molecular weight is 422 g/mol. The maximum absolute atomic E-state index is 12.1. The van der Waals surface area contributed by atoms with Crippen LogP contribution in [0, 0.1) is 0 Å². The molecule has 148 valence electrons. The Balaban J connectivity index is 1.49. The first-order chi connectivity index (χ1) is 13.5. The molecule has 0 aliphatic rings. The van der Waals surface area contributed by atoms with Crippen molar-refractivity contribution in [3.63, 3.8) is 0 Å². The Kier molecular flexibility index (Phi) is 6.65. The van der Waals surface area contributed by atoms with Crippen LogP contribution in [0.2, 0.25) is 10.0 Å². The Labute approximate surface area is 173 Å². The average Bonchev–Trinajstić information content (AvgIpc) is 3.09. The normalized spacial score (nSPS) is 10.9. The summed E-state index contributed by atoms with van der Waals surface area (Å²) >= 11 is 12.1. The number of methoxy groups -OCH3 is 2. The van der Waals surface area contributed by atoms with Crippen LogP contribution in [0.15, 0.2) is 36.7 Å². The minimum atomic E-state index is -0.0142. The van der Waals surface area contributed by atoms with E-state index in [0.29, 0.717) is 53.0 Å². The van der Waals surface area contributed by atoms with Crippen LogP contribution in [0.25, 0.3) is 5.65 Å². The maximum Gasteiger partial charge on any atom is 0.220 e.